The van der Waals surface area contributed by atoms with Crippen molar-refractivity contribution in [3.8, 4) is 11.5 Å². The summed E-state index contributed by atoms with van der Waals surface area (Å²) in [5.74, 6) is 1.38. The molecular weight excluding hydrogens is 340 g/mol. The second kappa shape index (κ2) is 6.83. The molecule has 2 heterocycles. The van der Waals surface area contributed by atoms with Gasteiger partial charge in [0.2, 0.25) is 5.78 Å². The highest BCUT2D eigenvalue weighted by atomic mass is 16.5. The van der Waals surface area contributed by atoms with E-state index in [0.717, 1.165) is 35.0 Å². The Morgan fingerprint density at radius 3 is 2.63 bits per heavy atom. The number of aromatic nitrogens is 1. The van der Waals surface area contributed by atoms with Gasteiger partial charge in [-0.3, -0.25) is 4.79 Å². The maximum Gasteiger partial charge on any atom is 0.211 e. The normalized spacial score (nSPS) is 13.7. The summed E-state index contributed by atoms with van der Waals surface area (Å²) in [6.45, 7) is 0.752. The highest BCUT2D eigenvalue weighted by Crippen LogP contribution is 2.34. The molecule has 27 heavy (non-hydrogen) atoms. The number of hydrogen-bond donors (Lipinski definition) is 1. The summed E-state index contributed by atoms with van der Waals surface area (Å²) >= 11 is 0. The van der Waals surface area contributed by atoms with E-state index in [-0.39, 0.29) is 5.78 Å². The quantitative estimate of drug-likeness (QED) is 0.715. The lowest BCUT2D eigenvalue weighted by molar-refractivity contribution is 0.100. The van der Waals surface area contributed by atoms with Gasteiger partial charge in [-0.2, -0.15) is 0 Å². The molecule has 5 nitrogen and oxygen atoms in total. The molecule has 3 aromatic rings. The highest BCUT2D eigenvalue weighted by molar-refractivity contribution is 6.17. The summed E-state index contributed by atoms with van der Waals surface area (Å²) in [4.78, 5) is 18.5. The number of ketones is 1. The van der Waals surface area contributed by atoms with Crippen LogP contribution in [-0.2, 0) is 6.42 Å². The Hall–Kier alpha value is -3.21. The number of aromatic amines is 1. The molecule has 0 aliphatic carbocycles. The maximum atomic E-state index is 13.3. The lowest BCUT2D eigenvalue weighted by Gasteiger charge is -2.19. The van der Waals surface area contributed by atoms with E-state index in [1.807, 2.05) is 54.4 Å². The highest BCUT2D eigenvalue weighted by Gasteiger charge is 2.23. The number of nitrogens with zero attached hydrogens (tertiary/aromatic N) is 1. The summed E-state index contributed by atoms with van der Waals surface area (Å²) in [5, 5.41) is 0.939. The number of H-pyrrole nitrogens is 1. The second-order valence-corrected chi connectivity index (χ2v) is 6.68. The van der Waals surface area contributed by atoms with Gasteiger partial charge in [0.15, 0.2) is 11.5 Å². The van der Waals surface area contributed by atoms with Crippen molar-refractivity contribution < 1.29 is 14.3 Å². The molecule has 0 radical (unpaired) electrons. The first-order valence-corrected chi connectivity index (χ1v) is 8.91. The van der Waals surface area contributed by atoms with Crippen molar-refractivity contribution in [2.75, 3.05) is 27.8 Å². The van der Waals surface area contributed by atoms with Crippen molar-refractivity contribution in [3.63, 3.8) is 0 Å². The van der Waals surface area contributed by atoms with Gasteiger partial charge in [-0.05, 0) is 41.8 Å². The topological polar surface area (TPSA) is 54.6 Å². The maximum absolute atomic E-state index is 13.3. The van der Waals surface area contributed by atoms with Gasteiger partial charge in [-0.25, -0.2) is 0 Å². The summed E-state index contributed by atoms with van der Waals surface area (Å²) in [6, 6.07) is 11.8. The van der Waals surface area contributed by atoms with Crippen LogP contribution < -0.4 is 9.47 Å². The van der Waals surface area contributed by atoms with E-state index in [9.17, 15) is 4.79 Å². The number of carbonyl (C=O) groups is 1. The van der Waals surface area contributed by atoms with E-state index in [0.29, 0.717) is 22.8 Å². The Morgan fingerprint density at radius 2 is 1.85 bits per heavy atom. The van der Waals surface area contributed by atoms with E-state index in [2.05, 4.69) is 4.98 Å². The fraction of sp³-hybridized carbons (Fsp3) is 0.227. The van der Waals surface area contributed by atoms with Gasteiger partial charge < -0.3 is 19.4 Å². The Balaban J connectivity index is 1.81. The van der Waals surface area contributed by atoms with E-state index in [4.69, 9.17) is 9.47 Å². The zero-order valence-corrected chi connectivity index (χ0v) is 15.7. The molecular formula is C22H22N2O3. The van der Waals surface area contributed by atoms with Crippen LogP contribution >= 0.6 is 0 Å². The van der Waals surface area contributed by atoms with Crippen molar-refractivity contribution in [3.05, 3.63) is 65.0 Å². The molecule has 1 N–H and O–H groups in total. The number of Topliss-reactive ketones (excluding diaryl/α,β-unsaturated/α-hetero) is 1. The van der Waals surface area contributed by atoms with Crippen LogP contribution in [-0.4, -0.2) is 43.5 Å². The Kier molecular flexibility index (Phi) is 4.36. The SMILES string of the molecule is COc1cc2c(cc1OC)CCN(C)C(C(=O)c1c[nH]c3ccccc13)=C2. The molecule has 0 spiro atoms. The largest absolute Gasteiger partial charge is 0.493 e. The van der Waals surface area contributed by atoms with Gasteiger partial charge in [0.25, 0.3) is 0 Å². The molecule has 138 valence electrons. The average molecular weight is 362 g/mol. The zero-order valence-electron chi connectivity index (χ0n) is 15.7. The van der Waals surface area contributed by atoms with Crippen LogP contribution in [0.2, 0.25) is 0 Å². The van der Waals surface area contributed by atoms with Crippen LogP contribution in [0.4, 0.5) is 0 Å². The number of hydrogen-bond acceptors (Lipinski definition) is 4. The molecule has 4 rings (SSSR count). The van der Waals surface area contributed by atoms with E-state index < -0.39 is 0 Å². The number of benzene rings is 2. The Labute approximate surface area is 158 Å². The predicted molar refractivity (Wildman–Crippen MR) is 106 cm³/mol. The minimum absolute atomic E-state index is 0.0117. The minimum atomic E-state index is 0.0117. The van der Waals surface area contributed by atoms with Gasteiger partial charge in [-0.1, -0.05) is 18.2 Å². The number of rotatable bonds is 4. The summed E-state index contributed by atoms with van der Waals surface area (Å²) < 4.78 is 10.9. The average Bonchev–Trinajstić information content (AvgIpc) is 3.06. The van der Waals surface area contributed by atoms with E-state index in [1.54, 1.807) is 20.4 Å². The van der Waals surface area contributed by atoms with Crippen molar-refractivity contribution in [1.82, 2.24) is 9.88 Å². The van der Waals surface area contributed by atoms with Crippen molar-refractivity contribution in [1.29, 1.82) is 0 Å². The van der Waals surface area contributed by atoms with Crippen LogP contribution in [0.25, 0.3) is 17.0 Å². The van der Waals surface area contributed by atoms with Gasteiger partial charge in [-0.15, -0.1) is 0 Å². The predicted octanol–water partition coefficient (Wildman–Crippen LogP) is 3.90. The molecule has 1 aliphatic heterocycles. The summed E-state index contributed by atoms with van der Waals surface area (Å²) in [7, 11) is 5.21. The fourth-order valence-electron chi connectivity index (χ4n) is 3.59. The van der Waals surface area contributed by atoms with Crippen LogP contribution in [0.5, 0.6) is 11.5 Å². The molecule has 0 saturated carbocycles. The molecule has 1 aromatic heterocycles. The second-order valence-electron chi connectivity index (χ2n) is 6.68. The van der Waals surface area contributed by atoms with Crippen LogP contribution in [0.1, 0.15) is 21.5 Å². The number of ether oxygens (including phenoxy) is 2. The number of allylic oxidation sites excluding steroid dienone is 1. The first kappa shape index (κ1) is 17.2. The van der Waals surface area contributed by atoms with Gasteiger partial charge in [0.05, 0.1) is 19.9 Å². The number of carbonyl (C=O) groups excluding carboxylic acids is 1. The smallest absolute Gasteiger partial charge is 0.211 e. The third-order valence-corrected chi connectivity index (χ3v) is 5.13. The molecule has 0 amide bonds. The Bertz CT molecular complexity index is 1050. The monoisotopic (exact) mass is 362 g/mol. The van der Waals surface area contributed by atoms with Crippen LogP contribution in [0.3, 0.4) is 0 Å². The molecule has 0 saturated heterocycles. The molecule has 0 atom stereocenters. The summed E-state index contributed by atoms with van der Waals surface area (Å²) in [5.41, 5.74) is 4.45. The summed E-state index contributed by atoms with van der Waals surface area (Å²) in [6.07, 6.45) is 4.57. The number of methoxy groups -OCH3 is 2. The molecule has 1 aliphatic rings. The van der Waals surface area contributed by atoms with Crippen molar-refractivity contribution >= 4 is 22.8 Å². The number of nitrogens with one attached hydrogen (secondary N) is 1. The van der Waals surface area contributed by atoms with Gasteiger partial charge >= 0.3 is 0 Å². The van der Waals surface area contributed by atoms with E-state index in [1.165, 1.54) is 0 Å². The van der Waals surface area contributed by atoms with Gasteiger partial charge in [0, 0.05) is 36.3 Å². The van der Waals surface area contributed by atoms with Crippen LogP contribution in [0.15, 0.2) is 48.3 Å². The Morgan fingerprint density at radius 1 is 1.11 bits per heavy atom. The standard InChI is InChI=1S/C22H22N2O3/c1-24-9-8-14-11-20(26-2)21(27-3)12-15(14)10-19(24)22(25)17-13-23-18-7-5-4-6-16(17)18/h4-7,10-13,23H,8-9H2,1-3H3. The molecule has 0 fully saturated rings. The molecule has 2 aromatic carbocycles. The lowest BCUT2D eigenvalue weighted by Crippen LogP contribution is -2.24. The van der Waals surface area contributed by atoms with Crippen molar-refractivity contribution in [2.24, 2.45) is 0 Å². The minimum Gasteiger partial charge on any atom is -0.493 e. The van der Waals surface area contributed by atoms with E-state index >= 15 is 0 Å². The number of likely N-dealkylation sites (N-methyl/N-ethyl adjacent to an activating group) is 1. The fourth-order valence-corrected chi connectivity index (χ4v) is 3.59. The first-order chi connectivity index (χ1) is 13.1. The molecule has 5 heteroatoms. The third-order valence-electron chi connectivity index (χ3n) is 5.13. The van der Waals surface area contributed by atoms with Gasteiger partial charge in [0.1, 0.15) is 0 Å². The van der Waals surface area contributed by atoms with Crippen molar-refractivity contribution in [2.45, 2.75) is 6.42 Å². The van der Waals surface area contributed by atoms with Crippen LogP contribution in [0, 0.1) is 0 Å². The third kappa shape index (κ3) is 2.95. The zero-order chi connectivity index (χ0) is 19.0. The lowest BCUT2D eigenvalue weighted by atomic mass is 10.0. The first-order valence-electron chi connectivity index (χ1n) is 8.91. The molecule has 0 bridgehead atoms. The number of para-hydroxylation sites is 1. The number of fused-ring (bicyclic) bond motifs is 2. The molecule has 0 unspecified atom stereocenters.